The average molecular weight is 411 g/mol. The number of ether oxygens (including phenoxy) is 3. The van der Waals surface area contributed by atoms with Crippen LogP contribution in [0.2, 0.25) is 0 Å². The maximum atomic E-state index is 11.3. The molecule has 0 spiro atoms. The van der Waals surface area contributed by atoms with Gasteiger partial charge in [0.15, 0.2) is 6.10 Å². The SMILES string of the molecule is CCOC(Cc1ccc(OCc2coc(-c3cccc(OC)c3)n2)cc1C)C(=O)O. The molecule has 30 heavy (non-hydrogen) atoms. The molecule has 7 nitrogen and oxygen atoms in total. The fourth-order valence-electron chi connectivity index (χ4n) is 3.02. The summed E-state index contributed by atoms with van der Waals surface area (Å²) in [5, 5.41) is 9.26. The predicted octanol–water partition coefficient (Wildman–Crippen LogP) is 4.27. The average Bonchev–Trinajstić information content (AvgIpc) is 3.22. The number of carboxylic acid groups (broad SMARTS) is 1. The van der Waals surface area contributed by atoms with Crippen LogP contribution in [0, 0.1) is 6.92 Å². The largest absolute Gasteiger partial charge is 0.497 e. The number of rotatable bonds is 10. The number of carbonyl (C=O) groups is 1. The summed E-state index contributed by atoms with van der Waals surface area (Å²) >= 11 is 0. The summed E-state index contributed by atoms with van der Waals surface area (Å²) < 4.78 is 21.9. The Kier molecular flexibility index (Phi) is 7.08. The Hall–Kier alpha value is -3.32. The van der Waals surface area contributed by atoms with Crippen LogP contribution in [0.5, 0.6) is 11.5 Å². The normalized spacial score (nSPS) is 11.8. The van der Waals surface area contributed by atoms with E-state index in [-0.39, 0.29) is 6.61 Å². The van der Waals surface area contributed by atoms with Gasteiger partial charge in [0.25, 0.3) is 0 Å². The van der Waals surface area contributed by atoms with E-state index in [0.717, 1.165) is 22.4 Å². The number of hydrogen-bond donors (Lipinski definition) is 1. The number of aromatic nitrogens is 1. The Balaban J connectivity index is 1.63. The Morgan fingerprint density at radius 1 is 1.20 bits per heavy atom. The zero-order chi connectivity index (χ0) is 21.5. The summed E-state index contributed by atoms with van der Waals surface area (Å²) in [6.45, 7) is 4.31. The first-order chi connectivity index (χ1) is 14.5. The molecule has 0 aliphatic heterocycles. The predicted molar refractivity (Wildman–Crippen MR) is 111 cm³/mol. The monoisotopic (exact) mass is 411 g/mol. The molecule has 1 aromatic heterocycles. The molecule has 0 saturated heterocycles. The summed E-state index contributed by atoms with van der Waals surface area (Å²) in [5.74, 6) is 0.933. The summed E-state index contributed by atoms with van der Waals surface area (Å²) in [4.78, 5) is 15.8. The van der Waals surface area contributed by atoms with Crippen LogP contribution in [0.25, 0.3) is 11.5 Å². The maximum Gasteiger partial charge on any atom is 0.333 e. The topological polar surface area (TPSA) is 91.0 Å². The molecule has 158 valence electrons. The molecule has 1 atom stereocenters. The zero-order valence-corrected chi connectivity index (χ0v) is 17.3. The fourth-order valence-corrected chi connectivity index (χ4v) is 3.02. The van der Waals surface area contributed by atoms with E-state index in [4.69, 9.17) is 18.6 Å². The van der Waals surface area contributed by atoms with Crippen molar-refractivity contribution in [2.45, 2.75) is 33.0 Å². The number of nitrogens with zero attached hydrogens (tertiary/aromatic N) is 1. The van der Waals surface area contributed by atoms with E-state index >= 15 is 0 Å². The molecule has 1 unspecified atom stereocenters. The first kappa shape index (κ1) is 21.4. The molecule has 0 radical (unpaired) electrons. The minimum atomic E-state index is -0.963. The second-order valence-electron chi connectivity index (χ2n) is 6.74. The van der Waals surface area contributed by atoms with Crippen molar-refractivity contribution in [1.82, 2.24) is 4.98 Å². The molecule has 1 N–H and O–H groups in total. The smallest absolute Gasteiger partial charge is 0.333 e. The van der Waals surface area contributed by atoms with Gasteiger partial charge in [-0.25, -0.2) is 9.78 Å². The molecule has 2 aromatic carbocycles. The van der Waals surface area contributed by atoms with Gasteiger partial charge in [0, 0.05) is 18.6 Å². The van der Waals surface area contributed by atoms with Crippen LogP contribution in [-0.4, -0.2) is 35.9 Å². The van der Waals surface area contributed by atoms with Crippen LogP contribution < -0.4 is 9.47 Å². The fraction of sp³-hybridized carbons (Fsp3) is 0.304. The number of aryl methyl sites for hydroxylation is 1. The van der Waals surface area contributed by atoms with Crippen LogP contribution in [0.4, 0.5) is 0 Å². The van der Waals surface area contributed by atoms with Crippen molar-refractivity contribution in [1.29, 1.82) is 0 Å². The van der Waals surface area contributed by atoms with Gasteiger partial charge in [-0.1, -0.05) is 12.1 Å². The van der Waals surface area contributed by atoms with Crippen molar-refractivity contribution in [2.75, 3.05) is 13.7 Å². The van der Waals surface area contributed by atoms with E-state index in [1.54, 1.807) is 20.3 Å². The third-order valence-corrected chi connectivity index (χ3v) is 4.62. The maximum absolute atomic E-state index is 11.3. The van der Waals surface area contributed by atoms with E-state index in [1.807, 2.05) is 49.4 Å². The molecule has 0 amide bonds. The Bertz CT molecular complexity index is 997. The quantitative estimate of drug-likeness (QED) is 0.533. The number of methoxy groups -OCH3 is 1. The van der Waals surface area contributed by atoms with Gasteiger partial charge in [-0.3, -0.25) is 0 Å². The molecule has 0 saturated carbocycles. The van der Waals surface area contributed by atoms with Crippen LogP contribution >= 0.6 is 0 Å². The number of benzene rings is 2. The lowest BCUT2D eigenvalue weighted by atomic mass is 10.0. The molecule has 1 heterocycles. The second-order valence-corrected chi connectivity index (χ2v) is 6.74. The molecule has 3 aromatic rings. The summed E-state index contributed by atoms with van der Waals surface area (Å²) in [5.41, 5.74) is 3.33. The Morgan fingerprint density at radius 2 is 2.03 bits per heavy atom. The van der Waals surface area contributed by atoms with Gasteiger partial charge in [0.1, 0.15) is 30.1 Å². The molecule has 0 fully saturated rings. The summed E-state index contributed by atoms with van der Waals surface area (Å²) in [6, 6.07) is 13.0. The van der Waals surface area contributed by atoms with Crippen molar-refractivity contribution in [3.63, 3.8) is 0 Å². The highest BCUT2D eigenvalue weighted by Crippen LogP contribution is 2.24. The zero-order valence-electron chi connectivity index (χ0n) is 17.3. The van der Waals surface area contributed by atoms with E-state index in [0.29, 0.717) is 30.4 Å². The van der Waals surface area contributed by atoms with Gasteiger partial charge in [0.05, 0.1) is 7.11 Å². The minimum Gasteiger partial charge on any atom is -0.497 e. The lowest BCUT2D eigenvalue weighted by Crippen LogP contribution is -2.26. The van der Waals surface area contributed by atoms with Crippen LogP contribution in [0.1, 0.15) is 23.7 Å². The van der Waals surface area contributed by atoms with Crippen LogP contribution in [0.15, 0.2) is 53.1 Å². The highest BCUT2D eigenvalue weighted by molar-refractivity contribution is 5.72. The van der Waals surface area contributed by atoms with E-state index < -0.39 is 12.1 Å². The van der Waals surface area contributed by atoms with Gasteiger partial charge in [0.2, 0.25) is 5.89 Å². The molecule has 0 aliphatic carbocycles. The highest BCUT2D eigenvalue weighted by Gasteiger charge is 2.19. The number of aliphatic carboxylic acids is 1. The van der Waals surface area contributed by atoms with Crippen molar-refractivity contribution in [2.24, 2.45) is 0 Å². The van der Waals surface area contributed by atoms with Crippen LogP contribution in [-0.2, 0) is 22.6 Å². The molecule has 0 bridgehead atoms. The minimum absolute atomic E-state index is 0.253. The standard InChI is InChI=1S/C23H25NO6/c1-4-28-21(23(25)26)12-16-8-9-20(10-15(16)2)29-13-18-14-30-22(24-18)17-6-5-7-19(11-17)27-3/h5-11,14,21H,4,12-13H2,1-3H3,(H,25,26). The third-order valence-electron chi connectivity index (χ3n) is 4.62. The third kappa shape index (κ3) is 5.39. The van der Waals surface area contributed by atoms with E-state index in [9.17, 15) is 9.90 Å². The van der Waals surface area contributed by atoms with Crippen molar-refractivity contribution in [3.05, 3.63) is 65.5 Å². The highest BCUT2D eigenvalue weighted by atomic mass is 16.5. The molecular formula is C23H25NO6. The van der Waals surface area contributed by atoms with E-state index in [1.165, 1.54) is 0 Å². The number of oxazole rings is 1. The van der Waals surface area contributed by atoms with Crippen molar-refractivity contribution in [3.8, 4) is 23.0 Å². The lowest BCUT2D eigenvalue weighted by Gasteiger charge is -2.15. The van der Waals surface area contributed by atoms with E-state index in [2.05, 4.69) is 4.98 Å². The van der Waals surface area contributed by atoms with Crippen molar-refractivity contribution < 1.29 is 28.5 Å². The molecule has 3 rings (SSSR count). The first-order valence-electron chi connectivity index (χ1n) is 9.65. The van der Waals surface area contributed by atoms with Crippen molar-refractivity contribution >= 4 is 5.97 Å². The van der Waals surface area contributed by atoms with Gasteiger partial charge in [-0.05, 0) is 55.3 Å². The molecule has 7 heteroatoms. The van der Waals surface area contributed by atoms with Gasteiger partial charge < -0.3 is 23.7 Å². The van der Waals surface area contributed by atoms with Gasteiger partial charge in [-0.15, -0.1) is 0 Å². The first-order valence-corrected chi connectivity index (χ1v) is 9.65. The second kappa shape index (κ2) is 9.93. The Labute approximate surface area is 175 Å². The lowest BCUT2D eigenvalue weighted by molar-refractivity contribution is -0.149. The molecule has 0 aliphatic rings. The summed E-state index contributed by atoms with van der Waals surface area (Å²) in [6.07, 6.45) is 1.02. The molecular weight excluding hydrogens is 386 g/mol. The van der Waals surface area contributed by atoms with Crippen LogP contribution in [0.3, 0.4) is 0 Å². The number of hydrogen-bond acceptors (Lipinski definition) is 6. The summed E-state index contributed by atoms with van der Waals surface area (Å²) in [7, 11) is 1.61. The van der Waals surface area contributed by atoms with Gasteiger partial charge in [-0.2, -0.15) is 0 Å². The Morgan fingerprint density at radius 3 is 2.73 bits per heavy atom. The van der Waals surface area contributed by atoms with Gasteiger partial charge >= 0.3 is 5.97 Å². The number of carboxylic acids is 1.